The highest BCUT2D eigenvalue weighted by molar-refractivity contribution is 6.30. The number of hydrogen-bond acceptors (Lipinski definition) is 2. The molecule has 0 radical (unpaired) electrons. The molecule has 4 rings (SSSR count). The molecule has 0 amide bonds. The van der Waals surface area contributed by atoms with Gasteiger partial charge in [0.2, 0.25) is 0 Å². The van der Waals surface area contributed by atoms with Gasteiger partial charge in [-0.1, -0.05) is 29.8 Å². The van der Waals surface area contributed by atoms with Crippen molar-refractivity contribution < 1.29 is 9.47 Å². The van der Waals surface area contributed by atoms with Gasteiger partial charge in [-0.05, 0) is 24.3 Å². The first-order valence-corrected chi connectivity index (χ1v) is 6.38. The predicted octanol–water partition coefficient (Wildman–Crippen LogP) is 3.95. The molecule has 0 saturated carbocycles. The Labute approximate surface area is 110 Å². The molecule has 0 spiro atoms. The van der Waals surface area contributed by atoms with E-state index in [0.29, 0.717) is 6.61 Å². The maximum absolute atomic E-state index is 6.07. The number of hydrogen-bond donors (Lipinski definition) is 0. The van der Waals surface area contributed by atoms with Gasteiger partial charge in [0.05, 0.1) is 12.5 Å². The van der Waals surface area contributed by atoms with Crippen LogP contribution in [0.1, 0.15) is 23.1 Å². The van der Waals surface area contributed by atoms with E-state index in [9.17, 15) is 0 Å². The fraction of sp³-hybridized carbons (Fsp3) is 0.200. The van der Waals surface area contributed by atoms with Crippen molar-refractivity contribution in [2.24, 2.45) is 0 Å². The zero-order chi connectivity index (χ0) is 12.1. The predicted molar refractivity (Wildman–Crippen MR) is 69.5 cm³/mol. The van der Waals surface area contributed by atoms with Crippen molar-refractivity contribution in [3.05, 3.63) is 58.6 Å². The molecule has 2 atom stereocenters. The molecule has 2 heterocycles. The zero-order valence-electron chi connectivity index (χ0n) is 9.60. The highest BCUT2D eigenvalue weighted by Crippen LogP contribution is 2.51. The van der Waals surface area contributed by atoms with E-state index in [0.717, 1.165) is 22.1 Å². The van der Waals surface area contributed by atoms with E-state index < -0.39 is 0 Å². The Balaban J connectivity index is 1.85. The molecule has 2 aromatic rings. The minimum absolute atomic E-state index is 0.0323. The molecule has 0 aromatic heterocycles. The summed E-state index contributed by atoms with van der Waals surface area (Å²) < 4.78 is 11.9. The molecule has 2 aliphatic heterocycles. The first-order valence-electron chi connectivity index (χ1n) is 6.01. The van der Waals surface area contributed by atoms with Crippen LogP contribution in [0.15, 0.2) is 42.5 Å². The lowest BCUT2D eigenvalue weighted by Crippen LogP contribution is -2.23. The molecule has 2 aliphatic rings. The average molecular weight is 259 g/mol. The van der Waals surface area contributed by atoms with Gasteiger partial charge >= 0.3 is 0 Å². The summed E-state index contributed by atoms with van der Waals surface area (Å²) in [7, 11) is 0. The Morgan fingerprint density at radius 2 is 1.89 bits per heavy atom. The summed E-state index contributed by atoms with van der Waals surface area (Å²) in [6, 6.07) is 13.9. The summed E-state index contributed by atoms with van der Waals surface area (Å²) in [6.07, 6.45) is 0.0323. The van der Waals surface area contributed by atoms with Crippen LogP contribution in [0.4, 0.5) is 0 Å². The van der Waals surface area contributed by atoms with Crippen LogP contribution in [-0.4, -0.2) is 6.61 Å². The van der Waals surface area contributed by atoms with Crippen LogP contribution in [0.2, 0.25) is 5.02 Å². The molecular weight excluding hydrogens is 248 g/mol. The fourth-order valence-corrected chi connectivity index (χ4v) is 2.97. The van der Waals surface area contributed by atoms with Crippen molar-refractivity contribution in [1.29, 1.82) is 0 Å². The molecule has 90 valence electrons. The van der Waals surface area contributed by atoms with Gasteiger partial charge in [-0.15, -0.1) is 0 Å². The maximum atomic E-state index is 6.07. The molecule has 0 aliphatic carbocycles. The van der Waals surface area contributed by atoms with Gasteiger partial charge in [-0.2, -0.15) is 0 Å². The van der Waals surface area contributed by atoms with Gasteiger partial charge < -0.3 is 9.47 Å². The lowest BCUT2D eigenvalue weighted by Gasteiger charge is -2.27. The van der Waals surface area contributed by atoms with Crippen LogP contribution in [-0.2, 0) is 0 Å². The number of fused-ring (bicyclic) bond motifs is 5. The van der Waals surface area contributed by atoms with Gasteiger partial charge in [-0.25, -0.2) is 0 Å². The number of para-hydroxylation sites is 1. The van der Waals surface area contributed by atoms with E-state index in [1.54, 1.807) is 0 Å². The van der Waals surface area contributed by atoms with Crippen molar-refractivity contribution in [3.8, 4) is 11.5 Å². The highest BCUT2D eigenvalue weighted by atomic mass is 35.5. The minimum atomic E-state index is 0.0323. The van der Waals surface area contributed by atoms with Crippen molar-refractivity contribution >= 4 is 11.6 Å². The molecule has 18 heavy (non-hydrogen) atoms. The molecule has 2 aromatic carbocycles. The average Bonchev–Trinajstić information content (AvgIpc) is 2.78. The lowest BCUT2D eigenvalue weighted by atomic mass is 9.89. The zero-order valence-corrected chi connectivity index (χ0v) is 10.4. The number of rotatable bonds is 0. The van der Waals surface area contributed by atoms with Crippen molar-refractivity contribution in [3.63, 3.8) is 0 Å². The van der Waals surface area contributed by atoms with E-state index in [1.165, 1.54) is 5.56 Å². The van der Waals surface area contributed by atoms with Crippen LogP contribution in [0.25, 0.3) is 0 Å². The third-order valence-electron chi connectivity index (χ3n) is 3.63. The summed E-state index contributed by atoms with van der Waals surface area (Å²) in [6.45, 7) is 0.663. The van der Waals surface area contributed by atoms with E-state index in [-0.39, 0.29) is 12.0 Å². The summed E-state index contributed by atoms with van der Waals surface area (Å²) in [5, 5.41) is 0.720. The number of benzene rings is 2. The van der Waals surface area contributed by atoms with Gasteiger partial charge in [-0.3, -0.25) is 0 Å². The van der Waals surface area contributed by atoms with Crippen molar-refractivity contribution in [1.82, 2.24) is 0 Å². The minimum Gasteiger partial charge on any atom is -0.492 e. The van der Waals surface area contributed by atoms with E-state index in [1.807, 2.05) is 36.4 Å². The van der Waals surface area contributed by atoms with Gasteiger partial charge in [0, 0.05) is 16.1 Å². The Kier molecular flexibility index (Phi) is 2.09. The Hall–Kier alpha value is -1.67. The van der Waals surface area contributed by atoms with Crippen molar-refractivity contribution in [2.75, 3.05) is 6.61 Å². The highest BCUT2D eigenvalue weighted by Gasteiger charge is 2.40. The van der Waals surface area contributed by atoms with Crippen LogP contribution >= 0.6 is 11.6 Å². The summed E-state index contributed by atoms with van der Waals surface area (Å²) >= 11 is 6.07. The lowest BCUT2D eigenvalue weighted by molar-refractivity contribution is 0.139. The topological polar surface area (TPSA) is 18.5 Å². The summed E-state index contributed by atoms with van der Waals surface area (Å²) in [4.78, 5) is 0. The Bertz CT molecular complexity index is 624. The standard InChI is InChI=1S/C15H11ClO2/c16-9-5-6-13-11(7-9)15-12(8-17-13)10-3-1-2-4-14(10)18-15/h1-7,12,15H,8H2/t12-,15-/m0/s1. The number of halogens is 1. The first-order chi connectivity index (χ1) is 8.83. The Morgan fingerprint density at radius 3 is 2.83 bits per heavy atom. The van der Waals surface area contributed by atoms with Gasteiger partial charge in [0.15, 0.2) is 0 Å². The van der Waals surface area contributed by atoms with E-state index in [2.05, 4.69) is 6.07 Å². The van der Waals surface area contributed by atoms with Gasteiger partial charge in [0.1, 0.15) is 17.6 Å². The van der Waals surface area contributed by atoms with Crippen LogP contribution in [0.3, 0.4) is 0 Å². The fourth-order valence-electron chi connectivity index (χ4n) is 2.79. The smallest absolute Gasteiger partial charge is 0.138 e. The monoisotopic (exact) mass is 258 g/mol. The first kappa shape index (κ1) is 10.3. The quantitative estimate of drug-likeness (QED) is 0.712. The molecule has 0 bridgehead atoms. The molecule has 0 unspecified atom stereocenters. The summed E-state index contributed by atoms with van der Waals surface area (Å²) in [5.41, 5.74) is 2.28. The maximum Gasteiger partial charge on any atom is 0.138 e. The second-order valence-corrected chi connectivity index (χ2v) is 5.11. The Morgan fingerprint density at radius 1 is 1.00 bits per heavy atom. The molecule has 0 fully saturated rings. The molecular formula is C15H11ClO2. The van der Waals surface area contributed by atoms with Gasteiger partial charge in [0.25, 0.3) is 0 Å². The van der Waals surface area contributed by atoms with E-state index >= 15 is 0 Å². The summed E-state index contributed by atoms with van der Waals surface area (Å²) in [5.74, 6) is 2.12. The normalized spacial score (nSPS) is 23.4. The SMILES string of the molecule is Clc1ccc2c(c1)[C@@H]1Oc3ccccc3[C@@H]1CO2. The third-order valence-corrected chi connectivity index (χ3v) is 3.87. The molecule has 3 heteroatoms. The van der Waals surface area contributed by atoms with Crippen LogP contribution in [0, 0.1) is 0 Å². The number of ether oxygens (including phenoxy) is 2. The molecule has 0 saturated heterocycles. The third kappa shape index (κ3) is 1.36. The van der Waals surface area contributed by atoms with Crippen LogP contribution in [0.5, 0.6) is 11.5 Å². The van der Waals surface area contributed by atoms with Crippen molar-refractivity contribution in [2.45, 2.75) is 12.0 Å². The van der Waals surface area contributed by atoms with Crippen LogP contribution < -0.4 is 9.47 Å². The second kappa shape index (κ2) is 3.66. The molecule has 2 nitrogen and oxygen atoms in total. The molecule has 0 N–H and O–H groups in total. The second-order valence-electron chi connectivity index (χ2n) is 4.68. The van der Waals surface area contributed by atoms with E-state index in [4.69, 9.17) is 21.1 Å². The largest absolute Gasteiger partial charge is 0.492 e.